The molecule has 2 aromatic heterocycles. The molecule has 0 spiro atoms. The molecule has 2 aliphatic heterocycles. The summed E-state index contributed by atoms with van der Waals surface area (Å²) in [7, 11) is 0. The van der Waals surface area contributed by atoms with Gasteiger partial charge in [0.05, 0.1) is 28.3 Å². The molecule has 172 valence electrons. The van der Waals surface area contributed by atoms with Crippen LogP contribution < -0.4 is 20.4 Å². The van der Waals surface area contributed by atoms with Gasteiger partial charge >= 0.3 is 5.97 Å². The fraction of sp³-hybridized carbons (Fsp3) is 0.375. The Labute approximate surface area is 195 Å². The number of aromatic carboxylic acids is 1. The van der Waals surface area contributed by atoms with Crippen LogP contribution in [0.25, 0.3) is 10.9 Å². The minimum Gasteiger partial charge on any atom is -0.477 e. The average molecular weight is 469 g/mol. The van der Waals surface area contributed by atoms with Crippen molar-refractivity contribution in [2.24, 2.45) is 0 Å². The highest BCUT2D eigenvalue weighted by Crippen LogP contribution is 2.36. The minimum atomic E-state index is -1.23. The van der Waals surface area contributed by atoms with E-state index >= 15 is 0 Å². The molecule has 2 N–H and O–H groups in total. The van der Waals surface area contributed by atoms with Gasteiger partial charge in [0.1, 0.15) is 12.2 Å². The van der Waals surface area contributed by atoms with Gasteiger partial charge in [-0.2, -0.15) is 0 Å². The number of hydrogen-bond donors (Lipinski definition) is 2. The zero-order chi connectivity index (χ0) is 23.1. The molecular formula is C24H25ClN4O4. The summed E-state index contributed by atoms with van der Waals surface area (Å²) < 4.78 is 7.92. The molecule has 1 aromatic carbocycles. The third kappa shape index (κ3) is 3.94. The van der Waals surface area contributed by atoms with Gasteiger partial charge in [0, 0.05) is 43.0 Å². The highest BCUT2D eigenvalue weighted by molar-refractivity contribution is 6.34. The van der Waals surface area contributed by atoms with Gasteiger partial charge in [0.2, 0.25) is 11.3 Å². The number of hydrogen-bond acceptors (Lipinski definition) is 6. The topological polar surface area (TPSA) is 96.7 Å². The van der Waals surface area contributed by atoms with Gasteiger partial charge in [-0.1, -0.05) is 17.7 Å². The van der Waals surface area contributed by atoms with Crippen LogP contribution in [-0.2, 0) is 0 Å². The lowest BCUT2D eigenvalue weighted by Gasteiger charge is -2.32. The van der Waals surface area contributed by atoms with Crippen molar-refractivity contribution < 1.29 is 14.6 Å². The van der Waals surface area contributed by atoms with E-state index in [-0.39, 0.29) is 17.6 Å². The van der Waals surface area contributed by atoms with Crippen LogP contribution in [0.5, 0.6) is 5.88 Å². The number of nitrogens with one attached hydrogen (secondary N) is 1. The normalized spacial score (nSPS) is 18.5. The summed E-state index contributed by atoms with van der Waals surface area (Å²) in [6.07, 6.45) is 5.14. The first-order valence-electron chi connectivity index (χ1n) is 11.1. The van der Waals surface area contributed by atoms with Gasteiger partial charge in [0.15, 0.2) is 0 Å². The number of aryl methyl sites for hydroxylation is 1. The van der Waals surface area contributed by atoms with Crippen molar-refractivity contribution in [1.29, 1.82) is 0 Å². The highest BCUT2D eigenvalue weighted by Gasteiger charge is 2.29. The number of carboxylic acids is 1. The zero-order valence-corrected chi connectivity index (χ0v) is 19.0. The number of fused-ring (bicyclic) bond motifs is 1. The Morgan fingerprint density at radius 2 is 2.18 bits per heavy atom. The van der Waals surface area contributed by atoms with Crippen LogP contribution >= 0.6 is 11.6 Å². The maximum Gasteiger partial charge on any atom is 0.341 e. The third-order valence-electron chi connectivity index (χ3n) is 6.54. The molecule has 9 heteroatoms. The van der Waals surface area contributed by atoms with Crippen molar-refractivity contribution >= 4 is 34.2 Å². The van der Waals surface area contributed by atoms with Gasteiger partial charge in [-0.3, -0.25) is 4.79 Å². The van der Waals surface area contributed by atoms with Crippen LogP contribution in [0, 0.1) is 6.92 Å². The zero-order valence-electron chi connectivity index (χ0n) is 18.3. The predicted molar refractivity (Wildman–Crippen MR) is 127 cm³/mol. The van der Waals surface area contributed by atoms with E-state index in [9.17, 15) is 14.7 Å². The van der Waals surface area contributed by atoms with Crippen molar-refractivity contribution in [3.63, 3.8) is 0 Å². The Hall–Kier alpha value is -3.10. The van der Waals surface area contributed by atoms with Crippen LogP contribution in [0.3, 0.4) is 0 Å². The van der Waals surface area contributed by atoms with E-state index in [1.54, 1.807) is 12.3 Å². The summed E-state index contributed by atoms with van der Waals surface area (Å²) >= 11 is 6.67. The maximum atomic E-state index is 12.9. The van der Waals surface area contributed by atoms with E-state index in [1.165, 1.54) is 6.20 Å². The number of rotatable bonds is 6. The number of nitrogens with zero attached hydrogens (tertiary/aromatic N) is 3. The van der Waals surface area contributed by atoms with Gasteiger partial charge < -0.3 is 24.6 Å². The van der Waals surface area contributed by atoms with E-state index in [2.05, 4.69) is 15.2 Å². The molecule has 3 aromatic rings. The second-order valence-corrected chi connectivity index (χ2v) is 9.05. The molecule has 8 nitrogen and oxygen atoms in total. The van der Waals surface area contributed by atoms with E-state index in [0.29, 0.717) is 28.4 Å². The fourth-order valence-corrected chi connectivity index (χ4v) is 4.90. The molecule has 5 rings (SSSR count). The predicted octanol–water partition coefficient (Wildman–Crippen LogP) is 3.25. The molecule has 2 fully saturated rings. The van der Waals surface area contributed by atoms with Crippen molar-refractivity contribution in [3.05, 3.63) is 63.0 Å². The summed E-state index contributed by atoms with van der Waals surface area (Å²) in [5.74, 6) is -0.605. The molecule has 2 aliphatic rings. The first-order valence-corrected chi connectivity index (χ1v) is 11.5. The Kier molecular flexibility index (Phi) is 5.72. The van der Waals surface area contributed by atoms with Gasteiger partial charge in [-0.25, -0.2) is 9.78 Å². The Morgan fingerprint density at radius 1 is 1.36 bits per heavy atom. The van der Waals surface area contributed by atoms with E-state index < -0.39 is 11.4 Å². The van der Waals surface area contributed by atoms with Crippen LogP contribution in [0.15, 0.2) is 41.5 Å². The number of aromatic nitrogens is 2. The van der Waals surface area contributed by atoms with Crippen molar-refractivity contribution in [2.75, 3.05) is 31.1 Å². The van der Waals surface area contributed by atoms with Crippen LogP contribution in [0.4, 0.5) is 5.69 Å². The van der Waals surface area contributed by atoms with Gasteiger partial charge in [-0.15, -0.1) is 0 Å². The minimum absolute atomic E-state index is 0.0880. The second-order valence-electron chi connectivity index (χ2n) is 8.64. The molecule has 0 amide bonds. The lowest BCUT2D eigenvalue weighted by atomic mass is 10.1. The summed E-state index contributed by atoms with van der Waals surface area (Å²) in [4.78, 5) is 31.1. The first-order chi connectivity index (χ1) is 15.9. The number of carbonyl (C=O) groups is 1. The van der Waals surface area contributed by atoms with Crippen molar-refractivity contribution in [1.82, 2.24) is 14.9 Å². The summed E-state index contributed by atoms with van der Waals surface area (Å²) in [6.45, 7) is 4.71. The first kappa shape index (κ1) is 21.7. The number of pyridine rings is 2. The SMILES string of the molecule is Cc1cccnc1OCC1CCCN1c1cc2c(cc1Cl)c(=O)c(C(=O)O)cn2C1CNC1. The summed E-state index contributed by atoms with van der Waals surface area (Å²) in [5, 5.41) is 13.5. The van der Waals surface area contributed by atoms with Crippen LogP contribution in [0.1, 0.15) is 34.8 Å². The van der Waals surface area contributed by atoms with Crippen molar-refractivity contribution in [2.45, 2.75) is 31.8 Å². The van der Waals surface area contributed by atoms with E-state index in [4.69, 9.17) is 16.3 Å². The van der Waals surface area contributed by atoms with Gasteiger partial charge in [-0.05, 0) is 38.0 Å². The molecule has 33 heavy (non-hydrogen) atoms. The lowest BCUT2D eigenvalue weighted by Crippen LogP contribution is -2.44. The average Bonchev–Trinajstić information content (AvgIpc) is 3.21. The fourth-order valence-electron chi connectivity index (χ4n) is 4.63. The quantitative estimate of drug-likeness (QED) is 0.573. The molecular weight excluding hydrogens is 444 g/mol. The maximum absolute atomic E-state index is 12.9. The molecule has 0 saturated carbocycles. The molecule has 0 bridgehead atoms. The highest BCUT2D eigenvalue weighted by atomic mass is 35.5. The Bertz CT molecular complexity index is 1290. The third-order valence-corrected chi connectivity index (χ3v) is 6.85. The molecule has 0 aliphatic carbocycles. The number of carboxylic acid groups (broad SMARTS) is 1. The van der Waals surface area contributed by atoms with Gasteiger partial charge in [0.25, 0.3) is 0 Å². The summed E-state index contributed by atoms with van der Waals surface area (Å²) in [5.41, 5.74) is 1.76. The summed E-state index contributed by atoms with van der Waals surface area (Å²) in [6, 6.07) is 7.59. The second kappa shape index (κ2) is 8.68. The number of ether oxygens (including phenoxy) is 1. The van der Waals surface area contributed by atoms with Crippen molar-refractivity contribution in [3.8, 4) is 5.88 Å². The standard InChI is InChI=1S/C24H25ClN4O4/c1-14-4-2-6-27-23(14)33-13-15-5-3-7-28(15)21-9-20-17(8-19(21)25)22(30)18(24(31)32)12-29(20)16-10-26-11-16/h2,4,6,8-9,12,15-16,26H,3,5,7,10-11,13H2,1H3,(H,31,32). The smallest absolute Gasteiger partial charge is 0.341 e. The number of anilines is 1. The monoisotopic (exact) mass is 468 g/mol. The van der Waals surface area contributed by atoms with Crippen LogP contribution in [-0.4, -0.2) is 52.9 Å². The van der Waals surface area contributed by atoms with E-state index in [0.717, 1.165) is 43.7 Å². The molecule has 2 saturated heterocycles. The number of halogens is 1. The number of benzene rings is 1. The molecule has 1 atom stereocenters. The lowest BCUT2D eigenvalue weighted by molar-refractivity contribution is 0.0694. The molecule has 1 unspecified atom stereocenters. The Morgan fingerprint density at radius 3 is 2.88 bits per heavy atom. The molecule has 4 heterocycles. The van der Waals surface area contributed by atoms with E-state index in [1.807, 2.05) is 29.7 Å². The Balaban J connectivity index is 1.53. The largest absolute Gasteiger partial charge is 0.477 e. The molecule has 0 radical (unpaired) electrons. The van der Waals surface area contributed by atoms with Crippen LogP contribution in [0.2, 0.25) is 5.02 Å².